The van der Waals surface area contributed by atoms with E-state index in [4.69, 9.17) is 9.47 Å². The Morgan fingerprint density at radius 1 is 1.20 bits per heavy atom. The second kappa shape index (κ2) is 13.2. The van der Waals surface area contributed by atoms with Gasteiger partial charge < -0.3 is 20.1 Å². The van der Waals surface area contributed by atoms with Crippen molar-refractivity contribution in [1.82, 2.24) is 15.6 Å². The van der Waals surface area contributed by atoms with Crippen molar-refractivity contribution in [1.29, 1.82) is 0 Å². The van der Waals surface area contributed by atoms with E-state index >= 15 is 0 Å². The molecule has 1 heterocycles. The Balaban J connectivity index is 0.00000312. The van der Waals surface area contributed by atoms with Crippen LogP contribution in [-0.2, 0) is 11.3 Å². The number of nitrogens with one attached hydrogen (secondary N) is 2. The third-order valence-electron chi connectivity index (χ3n) is 4.24. The molecule has 7 heteroatoms. The number of halogens is 1. The van der Waals surface area contributed by atoms with E-state index in [-0.39, 0.29) is 24.0 Å². The zero-order chi connectivity index (χ0) is 17.0. The minimum absolute atomic E-state index is 0. The molecular weight excluding hydrogens is 431 g/mol. The summed E-state index contributed by atoms with van der Waals surface area (Å²) < 4.78 is 11.0. The molecule has 0 aliphatic heterocycles. The third kappa shape index (κ3) is 8.71. The monoisotopic (exact) mass is 462 g/mol. The van der Waals surface area contributed by atoms with Crippen LogP contribution in [0.1, 0.15) is 44.1 Å². The molecule has 0 atom stereocenters. The summed E-state index contributed by atoms with van der Waals surface area (Å²) in [5, 5.41) is 6.56. The van der Waals surface area contributed by atoms with Gasteiger partial charge in [-0.1, -0.05) is 31.7 Å². The molecule has 1 saturated carbocycles. The SMILES string of the molecule is CN=C(NCCOC1CCCCCC1)NCc1ccc(OC)nc1.I. The van der Waals surface area contributed by atoms with E-state index in [0.29, 0.717) is 18.5 Å². The molecule has 1 aromatic rings. The molecule has 0 spiro atoms. The standard InChI is InChI=1S/C18H30N4O2.HI/c1-19-18(22-14-15-9-10-17(23-2)21-13-15)20-11-12-24-16-7-5-3-4-6-8-16;/h9-10,13,16H,3-8,11-12,14H2,1-2H3,(H2,19,20,22);1H. The van der Waals surface area contributed by atoms with Crippen LogP contribution in [0.15, 0.2) is 23.3 Å². The Bertz CT molecular complexity index is 488. The topological polar surface area (TPSA) is 67.8 Å². The van der Waals surface area contributed by atoms with Gasteiger partial charge in [-0.3, -0.25) is 4.99 Å². The molecule has 0 amide bonds. The molecule has 2 N–H and O–H groups in total. The lowest BCUT2D eigenvalue weighted by Crippen LogP contribution is -2.38. The van der Waals surface area contributed by atoms with Crippen LogP contribution in [0.25, 0.3) is 0 Å². The quantitative estimate of drug-likeness (QED) is 0.214. The van der Waals surface area contributed by atoms with Gasteiger partial charge in [0.25, 0.3) is 0 Å². The van der Waals surface area contributed by atoms with Gasteiger partial charge in [-0.2, -0.15) is 0 Å². The summed E-state index contributed by atoms with van der Waals surface area (Å²) >= 11 is 0. The summed E-state index contributed by atoms with van der Waals surface area (Å²) in [5.74, 6) is 1.40. The fourth-order valence-electron chi connectivity index (χ4n) is 2.85. The molecule has 0 saturated heterocycles. The Hall–Kier alpha value is -1.09. The smallest absolute Gasteiger partial charge is 0.212 e. The van der Waals surface area contributed by atoms with Crippen LogP contribution in [0.3, 0.4) is 0 Å². The molecular formula is C18H31IN4O2. The number of nitrogens with zero attached hydrogens (tertiary/aromatic N) is 2. The van der Waals surface area contributed by atoms with Crippen LogP contribution < -0.4 is 15.4 Å². The van der Waals surface area contributed by atoms with Crippen molar-refractivity contribution in [2.45, 2.75) is 51.2 Å². The molecule has 142 valence electrons. The van der Waals surface area contributed by atoms with Crippen molar-refractivity contribution in [2.75, 3.05) is 27.3 Å². The van der Waals surface area contributed by atoms with Crippen LogP contribution in [0.2, 0.25) is 0 Å². The molecule has 2 rings (SSSR count). The number of pyridine rings is 1. The molecule has 0 unspecified atom stereocenters. The Kier molecular flexibility index (Phi) is 11.6. The third-order valence-corrected chi connectivity index (χ3v) is 4.24. The van der Waals surface area contributed by atoms with Gasteiger partial charge in [0.05, 0.1) is 19.8 Å². The number of aliphatic imine (C=N–C) groups is 1. The molecule has 1 aliphatic carbocycles. The normalized spacial score (nSPS) is 15.8. The summed E-state index contributed by atoms with van der Waals surface area (Å²) in [5.41, 5.74) is 1.08. The Labute approximate surface area is 168 Å². The second-order valence-corrected chi connectivity index (χ2v) is 6.05. The van der Waals surface area contributed by atoms with Gasteiger partial charge >= 0.3 is 0 Å². The predicted octanol–water partition coefficient (Wildman–Crippen LogP) is 3.11. The van der Waals surface area contributed by atoms with E-state index in [1.54, 1.807) is 20.4 Å². The average molecular weight is 462 g/mol. The number of hydrogen-bond acceptors (Lipinski definition) is 4. The van der Waals surface area contributed by atoms with Crippen molar-refractivity contribution in [2.24, 2.45) is 4.99 Å². The fourth-order valence-corrected chi connectivity index (χ4v) is 2.85. The van der Waals surface area contributed by atoms with Crippen LogP contribution in [0, 0.1) is 0 Å². The van der Waals surface area contributed by atoms with Gasteiger partial charge in [0.15, 0.2) is 5.96 Å². The fraction of sp³-hybridized carbons (Fsp3) is 0.667. The number of methoxy groups -OCH3 is 1. The molecule has 0 aromatic carbocycles. The van der Waals surface area contributed by atoms with E-state index in [1.807, 2.05) is 12.1 Å². The predicted molar refractivity (Wildman–Crippen MR) is 112 cm³/mol. The molecule has 1 aromatic heterocycles. The maximum atomic E-state index is 5.98. The zero-order valence-electron chi connectivity index (χ0n) is 15.3. The van der Waals surface area contributed by atoms with Crippen molar-refractivity contribution < 1.29 is 9.47 Å². The maximum absolute atomic E-state index is 5.98. The highest BCUT2D eigenvalue weighted by Crippen LogP contribution is 2.19. The molecule has 1 fully saturated rings. The van der Waals surface area contributed by atoms with Crippen molar-refractivity contribution in [3.63, 3.8) is 0 Å². The first-order valence-corrected chi connectivity index (χ1v) is 8.87. The van der Waals surface area contributed by atoms with Crippen LogP contribution >= 0.6 is 24.0 Å². The zero-order valence-corrected chi connectivity index (χ0v) is 17.6. The lowest BCUT2D eigenvalue weighted by atomic mass is 10.1. The van der Waals surface area contributed by atoms with E-state index in [1.165, 1.54) is 38.5 Å². The number of aromatic nitrogens is 1. The maximum Gasteiger partial charge on any atom is 0.212 e. The summed E-state index contributed by atoms with van der Waals surface area (Å²) in [6.07, 6.45) is 9.97. The highest BCUT2D eigenvalue weighted by atomic mass is 127. The first-order chi connectivity index (χ1) is 11.8. The van der Waals surface area contributed by atoms with E-state index in [0.717, 1.165) is 24.7 Å². The van der Waals surface area contributed by atoms with Crippen LogP contribution in [0.4, 0.5) is 0 Å². The average Bonchev–Trinajstić information content (AvgIpc) is 2.90. The first kappa shape index (κ1) is 22.0. The number of rotatable bonds is 7. The Morgan fingerprint density at radius 3 is 2.56 bits per heavy atom. The number of hydrogen-bond donors (Lipinski definition) is 2. The summed E-state index contributed by atoms with van der Waals surface area (Å²) in [7, 11) is 3.39. The first-order valence-electron chi connectivity index (χ1n) is 8.87. The van der Waals surface area contributed by atoms with Crippen molar-refractivity contribution in [3.8, 4) is 5.88 Å². The van der Waals surface area contributed by atoms with Crippen LogP contribution in [-0.4, -0.2) is 44.4 Å². The van der Waals surface area contributed by atoms with Gasteiger partial charge in [0.2, 0.25) is 5.88 Å². The highest BCUT2D eigenvalue weighted by Gasteiger charge is 2.12. The minimum Gasteiger partial charge on any atom is -0.481 e. The largest absolute Gasteiger partial charge is 0.481 e. The van der Waals surface area contributed by atoms with Gasteiger partial charge in [-0.05, 0) is 18.4 Å². The Morgan fingerprint density at radius 2 is 1.96 bits per heavy atom. The summed E-state index contributed by atoms with van der Waals surface area (Å²) in [6.45, 7) is 2.15. The number of ether oxygens (including phenoxy) is 2. The number of guanidine groups is 1. The lowest BCUT2D eigenvalue weighted by molar-refractivity contribution is 0.0468. The molecule has 25 heavy (non-hydrogen) atoms. The molecule has 0 bridgehead atoms. The summed E-state index contributed by atoms with van der Waals surface area (Å²) in [4.78, 5) is 8.42. The van der Waals surface area contributed by atoms with E-state index in [2.05, 4.69) is 20.6 Å². The lowest BCUT2D eigenvalue weighted by Gasteiger charge is -2.16. The summed E-state index contributed by atoms with van der Waals surface area (Å²) in [6, 6.07) is 3.84. The molecule has 6 nitrogen and oxygen atoms in total. The van der Waals surface area contributed by atoms with Crippen molar-refractivity contribution in [3.05, 3.63) is 23.9 Å². The minimum atomic E-state index is 0. The van der Waals surface area contributed by atoms with Gasteiger partial charge in [0, 0.05) is 32.4 Å². The molecule has 1 aliphatic rings. The van der Waals surface area contributed by atoms with Crippen molar-refractivity contribution >= 4 is 29.9 Å². The van der Waals surface area contributed by atoms with Gasteiger partial charge in [-0.15, -0.1) is 24.0 Å². The van der Waals surface area contributed by atoms with E-state index < -0.39 is 0 Å². The van der Waals surface area contributed by atoms with Gasteiger partial charge in [0.1, 0.15) is 0 Å². The highest BCUT2D eigenvalue weighted by molar-refractivity contribution is 14.0. The van der Waals surface area contributed by atoms with E-state index in [9.17, 15) is 0 Å². The van der Waals surface area contributed by atoms with Gasteiger partial charge in [-0.25, -0.2) is 4.98 Å². The van der Waals surface area contributed by atoms with Crippen LogP contribution in [0.5, 0.6) is 5.88 Å². The molecule has 0 radical (unpaired) electrons. The second-order valence-electron chi connectivity index (χ2n) is 6.05.